The normalized spacial score (nSPS) is 21.1. The summed E-state index contributed by atoms with van der Waals surface area (Å²) in [5.74, 6) is 0.837. The Morgan fingerprint density at radius 2 is 2.06 bits per heavy atom. The highest BCUT2D eigenvalue weighted by atomic mass is 15.1. The van der Waals surface area contributed by atoms with Gasteiger partial charge in [-0.25, -0.2) is 0 Å². The average Bonchev–Trinajstić information content (AvgIpc) is 2.40. The molecule has 1 aromatic carbocycles. The van der Waals surface area contributed by atoms with Crippen molar-refractivity contribution in [2.24, 2.45) is 5.92 Å². The Labute approximate surface area is 111 Å². The molecule has 1 aliphatic heterocycles. The summed E-state index contributed by atoms with van der Waals surface area (Å²) in [5, 5.41) is 3.48. The van der Waals surface area contributed by atoms with Crippen molar-refractivity contribution in [1.82, 2.24) is 10.2 Å². The van der Waals surface area contributed by atoms with Crippen LogP contribution in [0.3, 0.4) is 0 Å². The molecule has 1 aliphatic rings. The van der Waals surface area contributed by atoms with Gasteiger partial charge in [-0.3, -0.25) is 4.90 Å². The van der Waals surface area contributed by atoms with Crippen LogP contribution in [-0.4, -0.2) is 31.1 Å². The molecule has 2 nitrogen and oxygen atoms in total. The summed E-state index contributed by atoms with van der Waals surface area (Å²) in [7, 11) is 0. The largest absolute Gasteiger partial charge is 0.317 e. The van der Waals surface area contributed by atoms with Crippen molar-refractivity contribution < 1.29 is 0 Å². The number of rotatable bonds is 5. The van der Waals surface area contributed by atoms with Gasteiger partial charge in [0.1, 0.15) is 0 Å². The lowest BCUT2D eigenvalue weighted by Gasteiger charge is -2.32. The number of likely N-dealkylation sites (tertiary alicyclic amines) is 1. The lowest BCUT2D eigenvalue weighted by atomic mass is 9.97. The lowest BCUT2D eigenvalue weighted by Crippen LogP contribution is -2.39. The second kappa shape index (κ2) is 6.91. The Bertz CT molecular complexity index is 345. The molecule has 1 saturated heterocycles. The molecule has 1 unspecified atom stereocenters. The quantitative estimate of drug-likeness (QED) is 0.859. The van der Waals surface area contributed by atoms with E-state index >= 15 is 0 Å². The van der Waals surface area contributed by atoms with Crippen LogP contribution in [0.4, 0.5) is 0 Å². The summed E-state index contributed by atoms with van der Waals surface area (Å²) in [4.78, 5) is 2.61. The number of nitrogens with one attached hydrogen (secondary N) is 1. The number of nitrogens with zero attached hydrogens (tertiary/aromatic N) is 1. The molecule has 2 heteroatoms. The second-order valence-electron chi connectivity index (χ2n) is 5.54. The van der Waals surface area contributed by atoms with E-state index in [9.17, 15) is 0 Å². The van der Waals surface area contributed by atoms with Gasteiger partial charge in [0, 0.05) is 13.1 Å². The van der Waals surface area contributed by atoms with Gasteiger partial charge in [0.2, 0.25) is 0 Å². The maximum absolute atomic E-state index is 3.48. The molecular weight excluding hydrogens is 220 g/mol. The van der Waals surface area contributed by atoms with E-state index in [0.717, 1.165) is 19.0 Å². The summed E-state index contributed by atoms with van der Waals surface area (Å²) < 4.78 is 0. The molecule has 0 aliphatic carbocycles. The minimum absolute atomic E-state index is 0.837. The van der Waals surface area contributed by atoms with Gasteiger partial charge in [-0.15, -0.1) is 0 Å². The number of benzene rings is 1. The van der Waals surface area contributed by atoms with Crippen LogP contribution in [0.15, 0.2) is 24.3 Å². The third-order valence-electron chi connectivity index (χ3n) is 3.81. The maximum atomic E-state index is 3.48. The SMILES string of the molecule is CCNCC1CCCN(Cc2ccc(C)cc2)C1. The Kier molecular flexibility index (Phi) is 5.21. The first kappa shape index (κ1) is 13.6. The first-order valence-corrected chi connectivity index (χ1v) is 7.26. The van der Waals surface area contributed by atoms with Crippen molar-refractivity contribution in [3.63, 3.8) is 0 Å². The second-order valence-corrected chi connectivity index (χ2v) is 5.54. The smallest absolute Gasteiger partial charge is 0.0233 e. The van der Waals surface area contributed by atoms with Crippen LogP contribution in [-0.2, 0) is 6.54 Å². The zero-order valence-corrected chi connectivity index (χ0v) is 11.8. The average molecular weight is 246 g/mol. The molecule has 1 heterocycles. The van der Waals surface area contributed by atoms with Crippen LogP contribution in [0, 0.1) is 12.8 Å². The van der Waals surface area contributed by atoms with E-state index in [1.54, 1.807) is 0 Å². The van der Waals surface area contributed by atoms with E-state index in [0.29, 0.717) is 0 Å². The fourth-order valence-electron chi connectivity index (χ4n) is 2.76. The van der Waals surface area contributed by atoms with Crippen LogP contribution < -0.4 is 5.32 Å². The van der Waals surface area contributed by atoms with Gasteiger partial charge in [-0.2, -0.15) is 0 Å². The van der Waals surface area contributed by atoms with E-state index in [1.165, 1.54) is 43.6 Å². The minimum Gasteiger partial charge on any atom is -0.317 e. The van der Waals surface area contributed by atoms with Crippen LogP contribution in [0.5, 0.6) is 0 Å². The van der Waals surface area contributed by atoms with Crippen molar-refractivity contribution in [1.29, 1.82) is 0 Å². The molecule has 0 amide bonds. The number of piperidine rings is 1. The molecule has 0 radical (unpaired) electrons. The van der Waals surface area contributed by atoms with Gasteiger partial charge in [0.05, 0.1) is 0 Å². The molecule has 1 fully saturated rings. The summed E-state index contributed by atoms with van der Waals surface area (Å²) in [6.07, 6.45) is 2.74. The van der Waals surface area contributed by atoms with Crippen molar-refractivity contribution in [2.45, 2.75) is 33.2 Å². The molecule has 1 atom stereocenters. The van der Waals surface area contributed by atoms with Crippen LogP contribution in [0.1, 0.15) is 30.9 Å². The first-order valence-electron chi connectivity index (χ1n) is 7.26. The molecule has 2 rings (SSSR count). The van der Waals surface area contributed by atoms with E-state index in [1.807, 2.05) is 0 Å². The Morgan fingerprint density at radius 3 is 2.78 bits per heavy atom. The Balaban J connectivity index is 1.83. The first-order chi connectivity index (χ1) is 8.78. The van der Waals surface area contributed by atoms with Crippen molar-refractivity contribution in [3.8, 4) is 0 Å². The fourth-order valence-corrected chi connectivity index (χ4v) is 2.76. The van der Waals surface area contributed by atoms with E-state index < -0.39 is 0 Å². The summed E-state index contributed by atoms with van der Waals surface area (Å²) in [6.45, 7) is 10.2. The molecule has 18 heavy (non-hydrogen) atoms. The summed E-state index contributed by atoms with van der Waals surface area (Å²) in [5.41, 5.74) is 2.80. The van der Waals surface area contributed by atoms with Crippen LogP contribution >= 0.6 is 0 Å². The predicted molar refractivity (Wildman–Crippen MR) is 77.7 cm³/mol. The lowest BCUT2D eigenvalue weighted by molar-refractivity contribution is 0.166. The van der Waals surface area contributed by atoms with E-state index in [4.69, 9.17) is 0 Å². The number of hydrogen-bond donors (Lipinski definition) is 1. The highest BCUT2D eigenvalue weighted by Crippen LogP contribution is 2.18. The predicted octanol–water partition coefficient (Wildman–Crippen LogP) is 2.82. The summed E-state index contributed by atoms with van der Waals surface area (Å²) in [6, 6.07) is 8.97. The van der Waals surface area contributed by atoms with Gasteiger partial charge >= 0.3 is 0 Å². The number of hydrogen-bond acceptors (Lipinski definition) is 2. The minimum atomic E-state index is 0.837. The zero-order chi connectivity index (χ0) is 12.8. The van der Waals surface area contributed by atoms with Gasteiger partial charge in [-0.05, 0) is 50.9 Å². The molecule has 100 valence electrons. The molecule has 1 N–H and O–H groups in total. The zero-order valence-electron chi connectivity index (χ0n) is 11.8. The Hall–Kier alpha value is -0.860. The molecule has 0 aromatic heterocycles. The highest BCUT2D eigenvalue weighted by Gasteiger charge is 2.19. The molecular formula is C16H26N2. The van der Waals surface area contributed by atoms with Crippen molar-refractivity contribution >= 4 is 0 Å². The van der Waals surface area contributed by atoms with Gasteiger partial charge in [-0.1, -0.05) is 36.8 Å². The monoisotopic (exact) mass is 246 g/mol. The van der Waals surface area contributed by atoms with Crippen LogP contribution in [0.25, 0.3) is 0 Å². The van der Waals surface area contributed by atoms with Gasteiger partial charge < -0.3 is 5.32 Å². The fraction of sp³-hybridized carbons (Fsp3) is 0.625. The van der Waals surface area contributed by atoms with Crippen LogP contribution in [0.2, 0.25) is 0 Å². The van der Waals surface area contributed by atoms with Gasteiger partial charge in [0.15, 0.2) is 0 Å². The maximum Gasteiger partial charge on any atom is 0.0233 e. The molecule has 0 spiro atoms. The van der Waals surface area contributed by atoms with E-state index in [-0.39, 0.29) is 0 Å². The van der Waals surface area contributed by atoms with Crippen molar-refractivity contribution in [2.75, 3.05) is 26.2 Å². The molecule has 0 bridgehead atoms. The standard InChI is InChI=1S/C16H26N2/c1-3-17-11-16-5-4-10-18(13-16)12-15-8-6-14(2)7-9-15/h6-9,16-17H,3-5,10-13H2,1-2H3. The highest BCUT2D eigenvalue weighted by molar-refractivity contribution is 5.21. The van der Waals surface area contributed by atoms with E-state index in [2.05, 4.69) is 48.3 Å². The topological polar surface area (TPSA) is 15.3 Å². The van der Waals surface area contributed by atoms with Crippen molar-refractivity contribution in [3.05, 3.63) is 35.4 Å². The third-order valence-corrected chi connectivity index (χ3v) is 3.81. The van der Waals surface area contributed by atoms with Gasteiger partial charge in [0.25, 0.3) is 0 Å². The molecule has 1 aromatic rings. The Morgan fingerprint density at radius 1 is 1.28 bits per heavy atom. The third kappa shape index (κ3) is 4.11. The molecule has 0 saturated carbocycles. The number of aryl methyl sites for hydroxylation is 1. The summed E-state index contributed by atoms with van der Waals surface area (Å²) >= 11 is 0.